The van der Waals surface area contributed by atoms with Crippen LogP contribution in [0.2, 0.25) is 0 Å². The van der Waals surface area contributed by atoms with Gasteiger partial charge >= 0.3 is 0 Å². The number of rotatable bonds is 5. The highest BCUT2D eigenvalue weighted by molar-refractivity contribution is 9.10. The summed E-state index contributed by atoms with van der Waals surface area (Å²) in [5.74, 6) is 3.19. The lowest BCUT2D eigenvalue weighted by atomic mass is 10.1. The Kier molecular flexibility index (Phi) is 6.05. The second kappa shape index (κ2) is 7.55. The van der Waals surface area contributed by atoms with Crippen LogP contribution in [0.5, 0.6) is 0 Å². The van der Waals surface area contributed by atoms with Gasteiger partial charge in [0.15, 0.2) is 0 Å². The second-order valence-corrected chi connectivity index (χ2v) is 7.54. The topological polar surface area (TPSA) is 15.3 Å². The maximum Gasteiger partial charge on any atom is 0.0413 e. The molecule has 1 aliphatic rings. The molecule has 1 aromatic rings. The summed E-state index contributed by atoms with van der Waals surface area (Å²) in [7, 11) is 0. The summed E-state index contributed by atoms with van der Waals surface area (Å²) < 4.78 is 1.17. The average molecular weight is 343 g/mol. The summed E-state index contributed by atoms with van der Waals surface area (Å²) in [5, 5.41) is 3.56. The molecule has 0 aliphatic carbocycles. The molecule has 0 amide bonds. The zero-order chi connectivity index (χ0) is 13.7. The lowest BCUT2D eigenvalue weighted by molar-refractivity contribution is 0.552. The molecule has 1 heterocycles. The minimum Gasteiger partial charge on any atom is -0.370 e. The van der Waals surface area contributed by atoms with E-state index in [2.05, 4.69) is 70.0 Å². The van der Waals surface area contributed by atoms with Gasteiger partial charge in [-0.25, -0.2) is 0 Å². The first kappa shape index (κ1) is 15.2. The molecule has 1 aromatic carbocycles. The van der Waals surface area contributed by atoms with Gasteiger partial charge in [-0.05, 0) is 36.2 Å². The van der Waals surface area contributed by atoms with Gasteiger partial charge in [0.1, 0.15) is 0 Å². The summed E-state index contributed by atoms with van der Waals surface area (Å²) in [5.41, 5.74) is 2.81. The third-order valence-corrected chi connectivity index (χ3v) is 4.70. The molecule has 0 aromatic heterocycles. The molecule has 1 aliphatic heterocycles. The molecular weight excluding hydrogens is 320 g/mol. The SMILES string of the molecule is CC(C)CNCc1cc(Br)ccc1N1CCSCC1. The van der Waals surface area contributed by atoms with E-state index >= 15 is 0 Å². The van der Waals surface area contributed by atoms with E-state index < -0.39 is 0 Å². The first-order valence-electron chi connectivity index (χ1n) is 6.98. The van der Waals surface area contributed by atoms with Crippen molar-refractivity contribution in [2.24, 2.45) is 5.92 Å². The predicted molar refractivity (Wildman–Crippen MR) is 90.2 cm³/mol. The van der Waals surface area contributed by atoms with Crippen molar-refractivity contribution in [3.05, 3.63) is 28.2 Å². The average Bonchev–Trinajstić information content (AvgIpc) is 2.39. The second-order valence-electron chi connectivity index (χ2n) is 5.40. The summed E-state index contributed by atoms with van der Waals surface area (Å²) in [6.45, 7) is 8.86. The fourth-order valence-electron chi connectivity index (χ4n) is 2.30. The van der Waals surface area contributed by atoms with Crippen LogP contribution in [0.3, 0.4) is 0 Å². The van der Waals surface area contributed by atoms with Crippen molar-refractivity contribution in [1.82, 2.24) is 5.32 Å². The Morgan fingerprint density at radius 3 is 2.74 bits per heavy atom. The van der Waals surface area contributed by atoms with E-state index in [1.165, 1.54) is 40.3 Å². The number of halogens is 1. The lowest BCUT2D eigenvalue weighted by Gasteiger charge is -2.30. The first-order valence-corrected chi connectivity index (χ1v) is 8.93. The van der Waals surface area contributed by atoms with Crippen LogP contribution in [-0.2, 0) is 6.54 Å². The Morgan fingerprint density at radius 1 is 1.32 bits per heavy atom. The maximum absolute atomic E-state index is 3.59. The summed E-state index contributed by atoms with van der Waals surface area (Å²) in [4.78, 5) is 2.52. The summed E-state index contributed by atoms with van der Waals surface area (Å²) in [6, 6.07) is 6.67. The molecule has 0 atom stereocenters. The number of anilines is 1. The van der Waals surface area contributed by atoms with Crippen LogP contribution < -0.4 is 10.2 Å². The van der Waals surface area contributed by atoms with Gasteiger partial charge in [0.05, 0.1) is 0 Å². The number of nitrogens with one attached hydrogen (secondary N) is 1. The zero-order valence-electron chi connectivity index (χ0n) is 11.8. The maximum atomic E-state index is 3.59. The van der Waals surface area contributed by atoms with E-state index in [9.17, 15) is 0 Å². The molecule has 0 unspecified atom stereocenters. The zero-order valence-corrected chi connectivity index (χ0v) is 14.2. The van der Waals surface area contributed by atoms with Gasteiger partial charge in [-0.2, -0.15) is 11.8 Å². The van der Waals surface area contributed by atoms with E-state index in [4.69, 9.17) is 0 Å². The number of hydrogen-bond acceptors (Lipinski definition) is 3. The van der Waals surface area contributed by atoms with E-state index in [0.29, 0.717) is 5.92 Å². The molecule has 1 fully saturated rings. The van der Waals surface area contributed by atoms with Crippen molar-refractivity contribution in [1.29, 1.82) is 0 Å². The van der Waals surface area contributed by atoms with E-state index in [1.54, 1.807) is 0 Å². The quantitative estimate of drug-likeness (QED) is 0.877. The van der Waals surface area contributed by atoms with Gasteiger partial charge in [0.2, 0.25) is 0 Å². The lowest BCUT2D eigenvalue weighted by Crippen LogP contribution is -2.33. The monoisotopic (exact) mass is 342 g/mol. The normalized spacial score (nSPS) is 16.1. The van der Waals surface area contributed by atoms with Crippen LogP contribution in [0, 0.1) is 5.92 Å². The molecule has 0 bridgehead atoms. The molecule has 0 spiro atoms. The molecule has 106 valence electrons. The highest BCUT2D eigenvalue weighted by Crippen LogP contribution is 2.26. The third-order valence-electron chi connectivity index (χ3n) is 3.26. The van der Waals surface area contributed by atoms with E-state index in [1.807, 2.05) is 0 Å². The number of benzene rings is 1. The molecule has 4 heteroatoms. The van der Waals surface area contributed by atoms with Crippen molar-refractivity contribution in [2.45, 2.75) is 20.4 Å². The number of hydrogen-bond donors (Lipinski definition) is 1. The van der Waals surface area contributed by atoms with Gasteiger partial charge in [-0.15, -0.1) is 0 Å². The van der Waals surface area contributed by atoms with Gasteiger partial charge in [0, 0.05) is 41.3 Å². The van der Waals surface area contributed by atoms with E-state index in [0.717, 1.165) is 13.1 Å². The molecule has 1 saturated heterocycles. The smallest absolute Gasteiger partial charge is 0.0413 e. The molecule has 0 radical (unpaired) electrons. The highest BCUT2D eigenvalue weighted by Gasteiger charge is 2.14. The third kappa shape index (κ3) is 4.69. The van der Waals surface area contributed by atoms with Crippen LogP contribution in [0.1, 0.15) is 19.4 Å². The van der Waals surface area contributed by atoms with Gasteiger partial charge in [0.25, 0.3) is 0 Å². The number of nitrogens with zero attached hydrogens (tertiary/aromatic N) is 1. The van der Waals surface area contributed by atoms with Crippen molar-refractivity contribution >= 4 is 33.4 Å². The Bertz CT molecular complexity index is 403. The molecule has 19 heavy (non-hydrogen) atoms. The molecular formula is C15H23BrN2S. The van der Waals surface area contributed by atoms with Gasteiger partial charge in [-0.3, -0.25) is 0 Å². The van der Waals surface area contributed by atoms with Crippen molar-refractivity contribution in [3.8, 4) is 0 Å². The molecule has 0 saturated carbocycles. The summed E-state index contributed by atoms with van der Waals surface area (Å²) >= 11 is 5.65. The molecule has 2 rings (SSSR count). The summed E-state index contributed by atoms with van der Waals surface area (Å²) in [6.07, 6.45) is 0. The minimum atomic E-state index is 0.696. The Balaban J connectivity index is 2.08. The van der Waals surface area contributed by atoms with E-state index in [-0.39, 0.29) is 0 Å². The number of thioether (sulfide) groups is 1. The molecule has 1 N–H and O–H groups in total. The fourth-order valence-corrected chi connectivity index (χ4v) is 3.62. The van der Waals surface area contributed by atoms with Crippen LogP contribution in [-0.4, -0.2) is 31.1 Å². The predicted octanol–water partition coefficient (Wildman–Crippen LogP) is 3.75. The first-order chi connectivity index (χ1) is 9.16. The van der Waals surface area contributed by atoms with Crippen LogP contribution in [0.15, 0.2) is 22.7 Å². The fraction of sp³-hybridized carbons (Fsp3) is 0.600. The Morgan fingerprint density at radius 2 is 2.05 bits per heavy atom. The van der Waals surface area contributed by atoms with Crippen LogP contribution in [0.4, 0.5) is 5.69 Å². The Labute approximate surface area is 129 Å². The van der Waals surface area contributed by atoms with Gasteiger partial charge in [-0.1, -0.05) is 29.8 Å². The standard InChI is InChI=1S/C15H23BrN2S/c1-12(2)10-17-11-13-9-14(16)3-4-15(13)18-5-7-19-8-6-18/h3-4,9,12,17H,5-8,10-11H2,1-2H3. The van der Waals surface area contributed by atoms with Crippen molar-refractivity contribution in [3.63, 3.8) is 0 Å². The van der Waals surface area contributed by atoms with Gasteiger partial charge < -0.3 is 10.2 Å². The molecule has 2 nitrogen and oxygen atoms in total. The van der Waals surface area contributed by atoms with Crippen LogP contribution >= 0.6 is 27.7 Å². The Hall–Kier alpha value is -0.190. The minimum absolute atomic E-state index is 0.696. The van der Waals surface area contributed by atoms with Crippen molar-refractivity contribution < 1.29 is 0 Å². The van der Waals surface area contributed by atoms with Crippen molar-refractivity contribution in [2.75, 3.05) is 36.0 Å². The largest absolute Gasteiger partial charge is 0.370 e. The highest BCUT2D eigenvalue weighted by atomic mass is 79.9. The van der Waals surface area contributed by atoms with Crippen LogP contribution in [0.25, 0.3) is 0 Å².